The van der Waals surface area contributed by atoms with E-state index in [0.717, 1.165) is 5.92 Å². The number of hydrogen-bond acceptors (Lipinski definition) is 1. The third-order valence-corrected chi connectivity index (χ3v) is 4.08. The Bertz CT molecular complexity index is 335. The first-order valence-corrected chi connectivity index (χ1v) is 7.18. The molecule has 1 N–H and O–H groups in total. The van der Waals surface area contributed by atoms with E-state index in [-0.39, 0.29) is 0 Å². The molecule has 1 aromatic carbocycles. The van der Waals surface area contributed by atoms with Gasteiger partial charge in [-0.15, -0.1) is 0 Å². The van der Waals surface area contributed by atoms with Crippen molar-refractivity contribution in [1.29, 1.82) is 0 Å². The van der Waals surface area contributed by atoms with Crippen molar-refractivity contribution < 1.29 is 0 Å². The lowest BCUT2D eigenvalue weighted by atomic mass is 9.90. The summed E-state index contributed by atoms with van der Waals surface area (Å²) in [5, 5.41) is 3.64. The predicted molar refractivity (Wildman–Crippen MR) is 74.4 cm³/mol. The standard InChI is InChI=1S/C16H25N/c1-3-13(4-2)14-8-7-9-15(12-14)16-10-5-6-11-17-16/h7-9,12-13,16-17H,3-6,10-11H2,1-2H3. The molecule has 0 aromatic heterocycles. The van der Waals surface area contributed by atoms with Crippen LogP contribution in [0, 0.1) is 0 Å². The van der Waals surface area contributed by atoms with Crippen molar-refractivity contribution in [2.24, 2.45) is 0 Å². The molecule has 1 fully saturated rings. The number of nitrogens with one attached hydrogen (secondary N) is 1. The van der Waals surface area contributed by atoms with Gasteiger partial charge in [0, 0.05) is 6.04 Å². The molecule has 1 heterocycles. The SMILES string of the molecule is CCC(CC)c1cccc(C2CCCCN2)c1. The van der Waals surface area contributed by atoms with Crippen molar-refractivity contribution in [2.45, 2.75) is 57.9 Å². The lowest BCUT2D eigenvalue weighted by Crippen LogP contribution is -2.26. The van der Waals surface area contributed by atoms with Gasteiger partial charge in [0.15, 0.2) is 0 Å². The van der Waals surface area contributed by atoms with Gasteiger partial charge in [-0.1, -0.05) is 44.5 Å². The first-order valence-electron chi connectivity index (χ1n) is 7.18. The van der Waals surface area contributed by atoms with Gasteiger partial charge in [-0.25, -0.2) is 0 Å². The second-order valence-electron chi connectivity index (χ2n) is 5.19. The summed E-state index contributed by atoms with van der Waals surface area (Å²) >= 11 is 0. The highest BCUT2D eigenvalue weighted by Crippen LogP contribution is 2.28. The fraction of sp³-hybridized carbons (Fsp3) is 0.625. The minimum atomic E-state index is 0.595. The summed E-state index contributed by atoms with van der Waals surface area (Å²) in [6.07, 6.45) is 6.50. The molecule has 0 bridgehead atoms. The summed E-state index contributed by atoms with van der Waals surface area (Å²) in [7, 11) is 0. The van der Waals surface area contributed by atoms with Crippen molar-refractivity contribution in [2.75, 3.05) is 6.54 Å². The quantitative estimate of drug-likeness (QED) is 0.809. The number of benzene rings is 1. The molecular weight excluding hydrogens is 206 g/mol. The van der Waals surface area contributed by atoms with Crippen molar-refractivity contribution >= 4 is 0 Å². The van der Waals surface area contributed by atoms with Gasteiger partial charge in [-0.3, -0.25) is 0 Å². The van der Waals surface area contributed by atoms with Crippen LogP contribution in [-0.4, -0.2) is 6.54 Å². The van der Waals surface area contributed by atoms with Gasteiger partial charge in [0.2, 0.25) is 0 Å². The number of hydrogen-bond donors (Lipinski definition) is 1. The van der Waals surface area contributed by atoms with Crippen LogP contribution in [0.15, 0.2) is 24.3 Å². The second-order valence-corrected chi connectivity index (χ2v) is 5.19. The molecule has 0 spiro atoms. The van der Waals surface area contributed by atoms with E-state index >= 15 is 0 Å². The number of piperidine rings is 1. The van der Waals surface area contributed by atoms with Gasteiger partial charge in [0.05, 0.1) is 0 Å². The van der Waals surface area contributed by atoms with Crippen LogP contribution in [0.4, 0.5) is 0 Å². The second kappa shape index (κ2) is 6.20. The van der Waals surface area contributed by atoms with Crippen molar-refractivity contribution in [3.63, 3.8) is 0 Å². The summed E-state index contributed by atoms with van der Waals surface area (Å²) in [4.78, 5) is 0. The summed E-state index contributed by atoms with van der Waals surface area (Å²) in [6.45, 7) is 5.76. The van der Waals surface area contributed by atoms with Crippen molar-refractivity contribution in [3.8, 4) is 0 Å². The van der Waals surface area contributed by atoms with Crippen LogP contribution in [0.1, 0.15) is 69.0 Å². The Labute approximate surface area is 106 Å². The van der Waals surface area contributed by atoms with Crippen molar-refractivity contribution in [3.05, 3.63) is 35.4 Å². The molecule has 1 saturated heterocycles. The maximum Gasteiger partial charge on any atom is 0.0320 e. The van der Waals surface area contributed by atoms with E-state index in [1.165, 1.54) is 49.8 Å². The van der Waals surface area contributed by atoms with Crippen LogP contribution in [0.5, 0.6) is 0 Å². The van der Waals surface area contributed by atoms with Crippen molar-refractivity contribution in [1.82, 2.24) is 5.32 Å². The van der Waals surface area contributed by atoms with E-state index in [2.05, 4.69) is 43.4 Å². The lowest BCUT2D eigenvalue weighted by molar-refractivity contribution is 0.412. The molecule has 2 rings (SSSR count). The van der Waals surface area contributed by atoms with Gasteiger partial charge in [0.25, 0.3) is 0 Å². The zero-order valence-electron chi connectivity index (χ0n) is 11.2. The Morgan fingerprint density at radius 1 is 1.24 bits per heavy atom. The first kappa shape index (κ1) is 12.6. The van der Waals surface area contributed by atoms with E-state index in [9.17, 15) is 0 Å². The normalized spacial score (nSPS) is 20.8. The molecular formula is C16H25N. The third kappa shape index (κ3) is 3.10. The fourth-order valence-corrected chi connectivity index (χ4v) is 2.93. The van der Waals surface area contributed by atoms with Gasteiger partial charge in [0.1, 0.15) is 0 Å². The van der Waals surface area contributed by atoms with Gasteiger partial charge >= 0.3 is 0 Å². The fourth-order valence-electron chi connectivity index (χ4n) is 2.93. The van der Waals surface area contributed by atoms with E-state index in [1.54, 1.807) is 0 Å². The van der Waals surface area contributed by atoms with Gasteiger partial charge in [-0.2, -0.15) is 0 Å². The number of rotatable bonds is 4. The zero-order chi connectivity index (χ0) is 12.1. The van der Waals surface area contributed by atoms with E-state index in [0.29, 0.717) is 6.04 Å². The summed E-state index contributed by atoms with van der Waals surface area (Å²) in [6, 6.07) is 9.84. The third-order valence-electron chi connectivity index (χ3n) is 4.08. The van der Waals surface area contributed by atoms with Crippen LogP contribution in [0.25, 0.3) is 0 Å². The van der Waals surface area contributed by atoms with Crippen LogP contribution < -0.4 is 5.32 Å². The molecule has 0 saturated carbocycles. The highest BCUT2D eigenvalue weighted by molar-refractivity contribution is 5.28. The molecule has 0 radical (unpaired) electrons. The average molecular weight is 231 g/mol. The largest absolute Gasteiger partial charge is 0.310 e. The van der Waals surface area contributed by atoms with Gasteiger partial charge in [-0.05, 0) is 49.3 Å². The minimum absolute atomic E-state index is 0.595. The molecule has 17 heavy (non-hydrogen) atoms. The molecule has 1 aromatic rings. The molecule has 1 aliphatic rings. The Morgan fingerprint density at radius 3 is 2.71 bits per heavy atom. The van der Waals surface area contributed by atoms with Gasteiger partial charge < -0.3 is 5.32 Å². The zero-order valence-corrected chi connectivity index (χ0v) is 11.2. The molecule has 1 unspecified atom stereocenters. The Hall–Kier alpha value is -0.820. The molecule has 0 aliphatic carbocycles. The molecule has 1 aliphatic heterocycles. The first-order chi connectivity index (χ1) is 8.35. The monoisotopic (exact) mass is 231 g/mol. The molecule has 1 atom stereocenters. The smallest absolute Gasteiger partial charge is 0.0320 e. The highest BCUT2D eigenvalue weighted by atomic mass is 14.9. The van der Waals surface area contributed by atoms with Crippen LogP contribution >= 0.6 is 0 Å². The molecule has 94 valence electrons. The predicted octanol–water partition coefficient (Wildman–Crippen LogP) is 4.40. The lowest BCUT2D eigenvalue weighted by Gasteiger charge is -2.25. The topological polar surface area (TPSA) is 12.0 Å². The van der Waals surface area contributed by atoms with Crippen LogP contribution in [0.3, 0.4) is 0 Å². The summed E-state index contributed by atoms with van der Waals surface area (Å²) in [5.41, 5.74) is 3.02. The summed E-state index contributed by atoms with van der Waals surface area (Å²) in [5.74, 6) is 0.735. The van der Waals surface area contributed by atoms with E-state index in [1.807, 2.05) is 0 Å². The average Bonchev–Trinajstić information content (AvgIpc) is 2.42. The molecule has 0 amide bonds. The molecule has 1 nitrogen and oxygen atoms in total. The van der Waals surface area contributed by atoms with Crippen LogP contribution in [0.2, 0.25) is 0 Å². The molecule has 1 heteroatoms. The Morgan fingerprint density at radius 2 is 2.06 bits per heavy atom. The maximum atomic E-state index is 3.64. The van der Waals surface area contributed by atoms with E-state index < -0.39 is 0 Å². The Kier molecular flexibility index (Phi) is 4.61. The maximum absolute atomic E-state index is 3.64. The summed E-state index contributed by atoms with van der Waals surface area (Å²) < 4.78 is 0. The highest BCUT2D eigenvalue weighted by Gasteiger charge is 2.15. The van der Waals surface area contributed by atoms with Crippen LogP contribution in [-0.2, 0) is 0 Å². The van der Waals surface area contributed by atoms with E-state index in [4.69, 9.17) is 0 Å². The Balaban J connectivity index is 2.15. The minimum Gasteiger partial charge on any atom is -0.310 e.